The topological polar surface area (TPSA) is 88.2 Å². The van der Waals surface area contributed by atoms with Crippen molar-refractivity contribution in [1.82, 2.24) is 10.3 Å². The molecule has 1 aromatic carbocycles. The molecule has 2 aromatic rings. The lowest BCUT2D eigenvalue weighted by atomic mass is 10.1. The Bertz CT molecular complexity index is 641. The molecule has 6 heteroatoms. The summed E-state index contributed by atoms with van der Waals surface area (Å²) in [6, 6.07) is 7.43. The Kier molecular flexibility index (Phi) is 3.42. The lowest BCUT2D eigenvalue weighted by Crippen LogP contribution is -2.34. The zero-order chi connectivity index (χ0) is 14.1. The Morgan fingerprint density at radius 3 is 3.05 bits per heavy atom. The van der Waals surface area contributed by atoms with E-state index in [1.807, 2.05) is 24.3 Å². The summed E-state index contributed by atoms with van der Waals surface area (Å²) in [4.78, 5) is 16.1. The molecule has 0 fully saturated rings. The average Bonchev–Trinajstić information content (AvgIpc) is 2.94. The van der Waals surface area contributed by atoms with Gasteiger partial charge in [0, 0.05) is 11.8 Å². The van der Waals surface area contributed by atoms with Crippen LogP contribution in [0.3, 0.4) is 0 Å². The summed E-state index contributed by atoms with van der Waals surface area (Å²) >= 11 is 1.32. The molecular weight excluding hydrogens is 274 g/mol. The van der Waals surface area contributed by atoms with Crippen LogP contribution in [0, 0.1) is 0 Å². The van der Waals surface area contributed by atoms with Crippen molar-refractivity contribution < 1.29 is 9.90 Å². The minimum Gasteiger partial charge on any atom is -0.390 e. The van der Waals surface area contributed by atoms with Gasteiger partial charge in [-0.2, -0.15) is 0 Å². The number of nitrogens with one attached hydrogen (secondary N) is 1. The van der Waals surface area contributed by atoms with E-state index in [9.17, 15) is 9.90 Å². The number of aliphatic hydroxyl groups excluding tert-OH is 1. The summed E-state index contributed by atoms with van der Waals surface area (Å²) in [5.74, 6) is -0.156. The highest BCUT2D eigenvalue weighted by molar-refractivity contribution is 7.13. The van der Waals surface area contributed by atoms with Crippen LogP contribution in [0.15, 0.2) is 29.6 Å². The second kappa shape index (κ2) is 5.22. The first-order valence-corrected chi connectivity index (χ1v) is 7.26. The fraction of sp³-hybridized carbons (Fsp3) is 0.286. The van der Waals surface area contributed by atoms with Crippen molar-refractivity contribution in [3.63, 3.8) is 0 Å². The molecular formula is C14H15N3O2S. The molecule has 0 bridgehead atoms. The third-order valence-corrected chi connectivity index (χ3v) is 4.15. The number of fused-ring (bicyclic) bond motifs is 1. The standard InChI is InChI=1S/C14H15N3O2S/c15-14-16-9(7-20-14)6-12(19)17-13-10-4-2-1-3-8(10)5-11(13)18/h1-4,7,11,13,18H,5-6H2,(H2,15,16)(H,17,19)/t11-,13+/m0/s1. The molecule has 1 aromatic heterocycles. The number of carbonyl (C=O) groups excluding carboxylic acids is 1. The monoisotopic (exact) mass is 289 g/mol. The first-order chi connectivity index (χ1) is 9.63. The number of hydrogen-bond donors (Lipinski definition) is 3. The fourth-order valence-corrected chi connectivity index (χ4v) is 3.10. The second-order valence-corrected chi connectivity index (χ2v) is 5.76. The summed E-state index contributed by atoms with van der Waals surface area (Å²) in [6.45, 7) is 0. The van der Waals surface area contributed by atoms with E-state index in [0.29, 0.717) is 17.2 Å². The van der Waals surface area contributed by atoms with Gasteiger partial charge in [-0.1, -0.05) is 24.3 Å². The molecule has 0 saturated heterocycles. The largest absolute Gasteiger partial charge is 0.390 e. The fourth-order valence-electron chi connectivity index (χ4n) is 2.54. The van der Waals surface area contributed by atoms with E-state index in [-0.39, 0.29) is 18.4 Å². The van der Waals surface area contributed by atoms with E-state index in [1.54, 1.807) is 5.38 Å². The normalized spacial score (nSPS) is 20.6. The van der Waals surface area contributed by atoms with Gasteiger partial charge in [-0.15, -0.1) is 11.3 Å². The third kappa shape index (κ3) is 2.52. The minimum atomic E-state index is -0.572. The van der Waals surface area contributed by atoms with Crippen molar-refractivity contribution in [3.05, 3.63) is 46.5 Å². The maximum atomic E-state index is 12.0. The van der Waals surface area contributed by atoms with Gasteiger partial charge in [0.25, 0.3) is 0 Å². The number of hydrogen-bond acceptors (Lipinski definition) is 5. The van der Waals surface area contributed by atoms with Crippen molar-refractivity contribution in [2.75, 3.05) is 5.73 Å². The molecule has 5 nitrogen and oxygen atoms in total. The van der Waals surface area contributed by atoms with Gasteiger partial charge >= 0.3 is 0 Å². The number of nitrogens with two attached hydrogens (primary N) is 1. The number of aliphatic hydroxyl groups is 1. The Hall–Kier alpha value is -1.92. The zero-order valence-electron chi connectivity index (χ0n) is 10.7. The number of thiazole rings is 1. The molecule has 0 radical (unpaired) electrons. The van der Waals surface area contributed by atoms with Crippen molar-refractivity contribution in [2.24, 2.45) is 0 Å². The molecule has 1 aliphatic carbocycles. The smallest absolute Gasteiger partial charge is 0.226 e. The van der Waals surface area contributed by atoms with E-state index in [2.05, 4.69) is 10.3 Å². The number of benzene rings is 1. The first kappa shape index (κ1) is 13.1. The molecule has 0 aliphatic heterocycles. The van der Waals surface area contributed by atoms with Crippen LogP contribution >= 0.6 is 11.3 Å². The van der Waals surface area contributed by atoms with Crippen molar-refractivity contribution >= 4 is 22.4 Å². The lowest BCUT2D eigenvalue weighted by Gasteiger charge is -2.17. The number of rotatable bonds is 3. The molecule has 4 N–H and O–H groups in total. The average molecular weight is 289 g/mol. The highest BCUT2D eigenvalue weighted by Gasteiger charge is 2.31. The lowest BCUT2D eigenvalue weighted by molar-refractivity contribution is -0.122. The molecule has 1 aliphatic rings. The summed E-state index contributed by atoms with van der Waals surface area (Å²) in [5.41, 5.74) is 8.28. The van der Waals surface area contributed by atoms with Gasteiger partial charge < -0.3 is 16.2 Å². The van der Waals surface area contributed by atoms with E-state index in [4.69, 9.17) is 5.73 Å². The molecule has 104 valence electrons. The van der Waals surface area contributed by atoms with Crippen molar-refractivity contribution in [1.29, 1.82) is 0 Å². The van der Waals surface area contributed by atoms with Gasteiger partial charge in [-0.05, 0) is 11.1 Å². The summed E-state index contributed by atoms with van der Waals surface area (Å²) in [7, 11) is 0. The van der Waals surface area contributed by atoms with Crippen molar-refractivity contribution in [2.45, 2.75) is 25.0 Å². The van der Waals surface area contributed by atoms with Crippen LogP contribution in [0.2, 0.25) is 0 Å². The maximum Gasteiger partial charge on any atom is 0.226 e. The summed E-state index contributed by atoms with van der Waals surface area (Å²) in [5, 5.41) is 15.2. The first-order valence-electron chi connectivity index (χ1n) is 6.38. The van der Waals surface area contributed by atoms with Crippen LogP contribution in [0.25, 0.3) is 0 Å². The number of carbonyl (C=O) groups is 1. The van der Waals surface area contributed by atoms with Crippen LogP contribution in [0.5, 0.6) is 0 Å². The van der Waals surface area contributed by atoms with Gasteiger partial charge in [-0.25, -0.2) is 4.98 Å². The Labute approximate surface area is 120 Å². The van der Waals surface area contributed by atoms with E-state index in [0.717, 1.165) is 11.1 Å². The van der Waals surface area contributed by atoms with Gasteiger partial charge in [0.05, 0.1) is 24.3 Å². The zero-order valence-corrected chi connectivity index (χ0v) is 11.6. The molecule has 0 saturated carbocycles. The van der Waals surface area contributed by atoms with Crippen molar-refractivity contribution in [3.8, 4) is 0 Å². The molecule has 0 spiro atoms. The molecule has 2 atom stereocenters. The van der Waals surface area contributed by atoms with Crippen LogP contribution in [-0.4, -0.2) is 22.1 Å². The Morgan fingerprint density at radius 1 is 1.50 bits per heavy atom. The van der Waals surface area contributed by atoms with Crippen LogP contribution < -0.4 is 11.1 Å². The quantitative estimate of drug-likeness (QED) is 0.788. The number of nitrogen functional groups attached to an aromatic ring is 1. The molecule has 20 heavy (non-hydrogen) atoms. The summed E-state index contributed by atoms with van der Waals surface area (Å²) < 4.78 is 0. The van der Waals surface area contributed by atoms with Gasteiger partial charge in [-0.3, -0.25) is 4.79 Å². The van der Waals surface area contributed by atoms with Gasteiger partial charge in [0.15, 0.2) is 5.13 Å². The van der Waals surface area contributed by atoms with Gasteiger partial charge in [0.2, 0.25) is 5.91 Å². The molecule has 3 rings (SSSR count). The van der Waals surface area contributed by atoms with Crippen LogP contribution in [-0.2, 0) is 17.6 Å². The van der Waals surface area contributed by atoms with E-state index >= 15 is 0 Å². The Morgan fingerprint density at radius 2 is 2.30 bits per heavy atom. The van der Waals surface area contributed by atoms with Crippen LogP contribution in [0.1, 0.15) is 22.9 Å². The number of amides is 1. The molecule has 0 unspecified atom stereocenters. The predicted octanol–water partition coefficient (Wildman–Crippen LogP) is 1.04. The van der Waals surface area contributed by atoms with E-state index < -0.39 is 6.10 Å². The highest BCUT2D eigenvalue weighted by atomic mass is 32.1. The number of nitrogens with zero attached hydrogens (tertiary/aromatic N) is 1. The van der Waals surface area contributed by atoms with E-state index in [1.165, 1.54) is 11.3 Å². The second-order valence-electron chi connectivity index (χ2n) is 4.87. The van der Waals surface area contributed by atoms with Crippen LogP contribution in [0.4, 0.5) is 5.13 Å². The minimum absolute atomic E-state index is 0.156. The third-order valence-electron chi connectivity index (χ3n) is 3.43. The number of anilines is 1. The SMILES string of the molecule is Nc1nc(CC(=O)N[C@@H]2c3ccccc3C[C@@H]2O)cs1. The predicted molar refractivity (Wildman–Crippen MR) is 77.3 cm³/mol. The molecule has 1 amide bonds. The maximum absolute atomic E-state index is 12.0. The van der Waals surface area contributed by atoms with Gasteiger partial charge in [0.1, 0.15) is 0 Å². The summed E-state index contributed by atoms with van der Waals surface area (Å²) in [6.07, 6.45) is 0.181. The number of aromatic nitrogens is 1. The highest BCUT2D eigenvalue weighted by Crippen LogP contribution is 2.31. The molecule has 1 heterocycles. The Balaban J connectivity index is 1.70.